The molecule has 3 aliphatic rings. The number of hydrogen-bond donors (Lipinski definition) is 1. The smallest absolute Gasteiger partial charge is 0.229 e. The lowest BCUT2D eigenvalue weighted by molar-refractivity contribution is -0.193. The van der Waals surface area contributed by atoms with Gasteiger partial charge in [0.25, 0.3) is 0 Å². The molecule has 0 saturated carbocycles. The Morgan fingerprint density at radius 2 is 2.05 bits per heavy atom. The fourth-order valence-electron chi connectivity index (χ4n) is 3.46. The average molecular weight is 303 g/mol. The molecular formula is C13H13N5O4. The van der Waals surface area contributed by atoms with Crippen LogP contribution in [0.25, 0.3) is 11.2 Å². The van der Waals surface area contributed by atoms with Crippen molar-refractivity contribution in [1.82, 2.24) is 19.5 Å². The summed E-state index contributed by atoms with van der Waals surface area (Å²) < 4.78 is 19.2. The van der Waals surface area contributed by atoms with Crippen molar-refractivity contribution in [2.24, 2.45) is 0 Å². The number of rotatable bonds is 0. The van der Waals surface area contributed by atoms with E-state index in [9.17, 15) is 4.79 Å². The number of carbonyl (C=O) groups excluding carboxylic acids is 1. The second-order valence-electron chi connectivity index (χ2n) is 6.11. The molecule has 3 aliphatic heterocycles. The molecule has 0 spiro atoms. The molecule has 4 atom stereocenters. The average Bonchev–Trinajstić information content (AvgIpc) is 3.06. The highest BCUT2D eigenvalue weighted by molar-refractivity contribution is 6.01. The number of anilines is 1. The topological polar surface area (TPSA) is 114 Å². The van der Waals surface area contributed by atoms with Gasteiger partial charge in [-0.3, -0.25) is 9.36 Å². The van der Waals surface area contributed by atoms with Gasteiger partial charge in [-0.1, -0.05) is 0 Å². The molecule has 0 aromatic carbocycles. The van der Waals surface area contributed by atoms with Gasteiger partial charge in [0.2, 0.25) is 5.78 Å². The SMILES string of the molecule is CC1(C)O[C@@H]2[C@H](O1)[C@@H]1O[C@H]2n2c(nc3c(N)ncnc32)C1=O. The van der Waals surface area contributed by atoms with Crippen LogP contribution in [0.15, 0.2) is 6.33 Å². The van der Waals surface area contributed by atoms with E-state index in [0.717, 1.165) is 0 Å². The first-order valence-electron chi connectivity index (χ1n) is 7.00. The minimum absolute atomic E-state index is 0.232. The minimum atomic E-state index is -0.752. The van der Waals surface area contributed by atoms with E-state index in [1.54, 1.807) is 4.57 Å². The number of fused-ring (bicyclic) bond motifs is 9. The summed E-state index contributed by atoms with van der Waals surface area (Å²) in [7, 11) is 0. The molecule has 2 saturated heterocycles. The summed E-state index contributed by atoms with van der Waals surface area (Å²) in [5.74, 6) is -0.501. The van der Waals surface area contributed by atoms with Crippen molar-refractivity contribution < 1.29 is 19.0 Å². The summed E-state index contributed by atoms with van der Waals surface area (Å²) in [6.45, 7) is 3.64. The Balaban J connectivity index is 1.75. The zero-order valence-corrected chi connectivity index (χ0v) is 11.9. The Hall–Kier alpha value is -2.10. The largest absolute Gasteiger partial charge is 0.382 e. The molecular weight excluding hydrogens is 290 g/mol. The number of imidazole rings is 1. The number of hydrogen-bond acceptors (Lipinski definition) is 8. The van der Waals surface area contributed by atoms with E-state index in [1.165, 1.54) is 6.33 Å². The van der Waals surface area contributed by atoms with Gasteiger partial charge in [-0.15, -0.1) is 0 Å². The number of aromatic nitrogens is 4. The van der Waals surface area contributed by atoms with E-state index in [0.29, 0.717) is 11.2 Å². The normalized spacial score (nSPS) is 34.9. The second-order valence-corrected chi connectivity index (χ2v) is 6.11. The second kappa shape index (κ2) is 3.62. The molecule has 0 unspecified atom stereocenters. The van der Waals surface area contributed by atoms with E-state index >= 15 is 0 Å². The highest BCUT2D eigenvalue weighted by Crippen LogP contribution is 2.47. The van der Waals surface area contributed by atoms with Crippen LogP contribution in [-0.2, 0) is 14.2 Å². The number of ether oxygens (including phenoxy) is 3. The van der Waals surface area contributed by atoms with Crippen LogP contribution in [0.3, 0.4) is 0 Å². The first kappa shape index (κ1) is 12.4. The van der Waals surface area contributed by atoms with Crippen LogP contribution in [0.2, 0.25) is 0 Å². The lowest BCUT2D eigenvalue weighted by Crippen LogP contribution is -2.38. The molecule has 2 aromatic heterocycles. The van der Waals surface area contributed by atoms with E-state index in [-0.39, 0.29) is 17.4 Å². The number of nitrogens with two attached hydrogens (primary N) is 1. The Kier molecular flexibility index (Phi) is 2.05. The summed E-state index contributed by atoms with van der Waals surface area (Å²) in [6.07, 6.45) is -0.716. The molecule has 9 heteroatoms. The molecule has 2 N–H and O–H groups in total. The van der Waals surface area contributed by atoms with E-state index in [1.807, 2.05) is 13.8 Å². The highest BCUT2D eigenvalue weighted by atomic mass is 16.8. The van der Waals surface area contributed by atoms with Crippen LogP contribution in [0.5, 0.6) is 0 Å². The molecule has 0 radical (unpaired) electrons. The van der Waals surface area contributed by atoms with Gasteiger partial charge in [-0.2, -0.15) is 0 Å². The Morgan fingerprint density at radius 1 is 1.27 bits per heavy atom. The molecule has 22 heavy (non-hydrogen) atoms. The molecule has 2 fully saturated rings. The summed E-state index contributed by atoms with van der Waals surface area (Å²) in [6, 6.07) is 0. The summed E-state index contributed by atoms with van der Waals surface area (Å²) in [4.78, 5) is 25.1. The van der Waals surface area contributed by atoms with E-state index < -0.39 is 30.3 Å². The maximum Gasteiger partial charge on any atom is 0.229 e. The van der Waals surface area contributed by atoms with Crippen molar-refractivity contribution in [2.75, 3.05) is 5.73 Å². The zero-order chi connectivity index (χ0) is 15.2. The van der Waals surface area contributed by atoms with Crippen LogP contribution in [0.1, 0.15) is 30.7 Å². The lowest BCUT2D eigenvalue weighted by Gasteiger charge is -2.27. The number of nitrogen functional groups attached to an aromatic ring is 1. The van der Waals surface area contributed by atoms with Crippen molar-refractivity contribution in [1.29, 1.82) is 0 Å². The minimum Gasteiger partial charge on any atom is -0.382 e. The Bertz CT molecular complexity index is 831. The van der Waals surface area contributed by atoms with Gasteiger partial charge in [-0.05, 0) is 13.8 Å². The molecule has 5 rings (SSSR count). The van der Waals surface area contributed by atoms with Gasteiger partial charge >= 0.3 is 0 Å². The molecule has 114 valence electrons. The van der Waals surface area contributed by atoms with Crippen molar-refractivity contribution in [3.63, 3.8) is 0 Å². The van der Waals surface area contributed by atoms with E-state index in [2.05, 4.69) is 15.0 Å². The number of ketones is 1. The van der Waals surface area contributed by atoms with Crippen LogP contribution >= 0.6 is 0 Å². The van der Waals surface area contributed by atoms with Crippen LogP contribution < -0.4 is 5.73 Å². The van der Waals surface area contributed by atoms with Gasteiger partial charge in [0, 0.05) is 0 Å². The van der Waals surface area contributed by atoms with E-state index in [4.69, 9.17) is 19.9 Å². The third-order valence-electron chi connectivity index (χ3n) is 4.27. The number of Topliss-reactive ketones (excluding diaryl/α,β-unsaturated/α-hetero) is 1. The summed E-state index contributed by atoms with van der Waals surface area (Å²) in [5, 5.41) is 0. The summed E-state index contributed by atoms with van der Waals surface area (Å²) >= 11 is 0. The highest BCUT2D eigenvalue weighted by Gasteiger charge is 2.61. The third kappa shape index (κ3) is 1.33. The van der Waals surface area contributed by atoms with Gasteiger partial charge in [-0.25, -0.2) is 15.0 Å². The summed E-state index contributed by atoms with van der Waals surface area (Å²) in [5.41, 5.74) is 6.69. The van der Waals surface area contributed by atoms with Gasteiger partial charge in [0.1, 0.15) is 18.5 Å². The van der Waals surface area contributed by atoms with Crippen molar-refractivity contribution >= 4 is 22.8 Å². The monoisotopic (exact) mass is 303 g/mol. The number of nitrogens with zero attached hydrogens (tertiary/aromatic N) is 4. The van der Waals surface area contributed by atoms with Gasteiger partial charge in [0.05, 0.1) is 0 Å². The predicted molar refractivity (Wildman–Crippen MR) is 71.8 cm³/mol. The molecule has 9 nitrogen and oxygen atoms in total. The molecule has 0 amide bonds. The quantitative estimate of drug-likeness (QED) is 0.724. The van der Waals surface area contributed by atoms with Crippen molar-refractivity contribution in [3.8, 4) is 0 Å². The van der Waals surface area contributed by atoms with Crippen molar-refractivity contribution in [3.05, 3.63) is 12.2 Å². The van der Waals surface area contributed by atoms with Crippen LogP contribution in [0.4, 0.5) is 5.82 Å². The molecule has 5 heterocycles. The van der Waals surface area contributed by atoms with Crippen molar-refractivity contribution in [2.45, 2.75) is 44.2 Å². The van der Waals surface area contributed by atoms with Crippen LogP contribution in [-0.4, -0.2) is 49.4 Å². The Labute approximate surface area is 124 Å². The maximum absolute atomic E-state index is 12.7. The van der Waals surface area contributed by atoms with Crippen LogP contribution in [0, 0.1) is 0 Å². The molecule has 0 aliphatic carbocycles. The van der Waals surface area contributed by atoms with Gasteiger partial charge < -0.3 is 19.9 Å². The molecule has 2 bridgehead atoms. The first-order chi connectivity index (χ1) is 10.5. The third-order valence-corrected chi connectivity index (χ3v) is 4.27. The first-order valence-corrected chi connectivity index (χ1v) is 7.00. The predicted octanol–water partition coefficient (Wildman–Crippen LogP) is 0.0223. The molecule has 2 aromatic rings. The zero-order valence-electron chi connectivity index (χ0n) is 11.9. The maximum atomic E-state index is 12.7. The van der Waals surface area contributed by atoms with Gasteiger partial charge in [0.15, 0.2) is 40.9 Å². The number of carbonyl (C=O) groups is 1. The Morgan fingerprint density at radius 3 is 2.86 bits per heavy atom. The lowest BCUT2D eigenvalue weighted by atomic mass is 10.1. The fraction of sp³-hybridized carbons (Fsp3) is 0.538. The standard InChI is InChI=1S/C13H13N5O4/c1-13(2)21-7-6-5(19)11-17-4-9(14)15-3-16-10(4)18(11)12(20-6)8(7)22-13/h3,6-8,12H,1-2H3,(H2,14,15,16)/t6-,7-,8-,12-/m1/s1. The fourth-order valence-corrected chi connectivity index (χ4v) is 3.46.